The molecule has 3 unspecified atom stereocenters. The average Bonchev–Trinajstić information content (AvgIpc) is 3.21. The van der Waals surface area contributed by atoms with Crippen molar-refractivity contribution in [2.24, 2.45) is 15.8 Å². The number of fused-ring (bicyclic) bond motifs is 1. The van der Waals surface area contributed by atoms with Crippen molar-refractivity contribution in [3.05, 3.63) is 45.6 Å². The summed E-state index contributed by atoms with van der Waals surface area (Å²) in [5, 5.41) is 39.2. The van der Waals surface area contributed by atoms with Crippen LogP contribution in [0.15, 0.2) is 45.0 Å². The van der Waals surface area contributed by atoms with Crippen LogP contribution >= 0.6 is 15.9 Å². The summed E-state index contributed by atoms with van der Waals surface area (Å²) in [5.74, 6) is -0.0168. The van der Waals surface area contributed by atoms with E-state index in [2.05, 4.69) is 33.1 Å². The largest absolute Gasteiger partial charge is 0.359 e. The first kappa shape index (κ1) is 18.7. The standard InChI is InChI=1S/C20H15BrN6/c1-3-27(4-2)18-20(12-25)16(13-6-5-7-15(21)8-13)19(20,11-24)17(26-18)14(9-22)10-23/h5-8,16H,3-4H2,1-2H3. The zero-order valence-electron chi connectivity index (χ0n) is 14.9. The Morgan fingerprint density at radius 3 is 2.22 bits per heavy atom. The van der Waals surface area contributed by atoms with Gasteiger partial charge in [0.05, 0.1) is 17.8 Å². The Bertz CT molecular complexity index is 1020. The van der Waals surface area contributed by atoms with E-state index in [1.54, 1.807) is 0 Å². The van der Waals surface area contributed by atoms with Gasteiger partial charge in [0.1, 0.15) is 28.8 Å². The van der Waals surface area contributed by atoms with Crippen LogP contribution in [0.4, 0.5) is 0 Å². The highest BCUT2D eigenvalue weighted by atomic mass is 79.9. The number of halogens is 1. The molecular weight excluding hydrogens is 404 g/mol. The lowest BCUT2D eigenvalue weighted by Crippen LogP contribution is -2.37. The van der Waals surface area contributed by atoms with E-state index >= 15 is 0 Å². The lowest BCUT2D eigenvalue weighted by atomic mass is 9.91. The minimum atomic E-state index is -1.33. The van der Waals surface area contributed by atoms with Gasteiger partial charge in [-0.3, -0.25) is 0 Å². The van der Waals surface area contributed by atoms with Crippen LogP contribution in [0.2, 0.25) is 0 Å². The third kappa shape index (κ3) is 2.16. The summed E-state index contributed by atoms with van der Waals surface area (Å²) >= 11 is 3.44. The van der Waals surface area contributed by atoms with E-state index in [-0.39, 0.29) is 11.3 Å². The number of amidine groups is 1. The Morgan fingerprint density at radius 1 is 1.11 bits per heavy atom. The highest BCUT2D eigenvalue weighted by Gasteiger charge is 2.87. The molecule has 0 spiro atoms. The number of hydrogen-bond donors (Lipinski definition) is 0. The maximum Gasteiger partial charge on any atom is 0.152 e. The zero-order chi connectivity index (χ0) is 19.8. The van der Waals surface area contributed by atoms with Crippen molar-refractivity contribution >= 4 is 21.8 Å². The number of aliphatic imine (C=N–C) groups is 1. The molecule has 0 bridgehead atoms. The quantitative estimate of drug-likeness (QED) is 0.695. The fourth-order valence-electron chi connectivity index (χ4n) is 4.21. The van der Waals surface area contributed by atoms with Gasteiger partial charge in [-0.15, -0.1) is 0 Å². The van der Waals surface area contributed by atoms with E-state index in [1.165, 1.54) is 0 Å². The van der Waals surface area contributed by atoms with Gasteiger partial charge in [0.15, 0.2) is 5.57 Å². The maximum atomic E-state index is 10.2. The van der Waals surface area contributed by atoms with E-state index in [0.717, 1.165) is 10.0 Å². The minimum absolute atomic E-state index is 0.114. The number of allylic oxidation sites excluding steroid dienone is 2. The van der Waals surface area contributed by atoms with E-state index < -0.39 is 16.7 Å². The van der Waals surface area contributed by atoms with Gasteiger partial charge in [-0.2, -0.15) is 21.0 Å². The fraction of sp³-hybridized carbons (Fsp3) is 0.350. The lowest BCUT2D eigenvalue weighted by molar-refractivity contribution is 0.440. The number of rotatable bonds is 3. The van der Waals surface area contributed by atoms with Crippen molar-refractivity contribution in [1.29, 1.82) is 21.0 Å². The van der Waals surface area contributed by atoms with Crippen LogP contribution in [0.5, 0.6) is 0 Å². The van der Waals surface area contributed by atoms with Gasteiger partial charge in [0.25, 0.3) is 0 Å². The molecule has 2 aliphatic rings. The molecule has 0 saturated heterocycles. The van der Waals surface area contributed by atoms with Crippen molar-refractivity contribution in [2.45, 2.75) is 19.8 Å². The van der Waals surface area contributed by atoms with Gasteiger partial charge >= 0.3 is 0 Å². The van der Waals surface area contributed by atoms with Crippen molar-refractivity contribution in [1.82, 2.24) is 4.90 Å². The van der Waals surface area contributed by atoms with Gasteiger partial charge in [-0.1, -0.05) is 28.1 Å². The van der Waals surface area contributed by atoms with Crippen molar-refractivity contribution in [3.63, 3.8) is 0 Å². The smallest absolute Gasteiger partial charge is 0.152 e. The molecule has 7 heteroatoms. The third-order valence-electron chi connectivity index (χ3n) is 5.41. The lowest BCUT2D eigenvalue weighted by Gasteiger charge is -2.25. The summed E-state index contributed by atoms with van der Waals surface area (Å²) in [7, 11) is 0. The molecule has 6 nitrogen and oxygen atoms in total. The molecule has 3 atom stereocenters. The van der Waals surface area contributed by atoms with Crippen LogP contribution < -0.4 is 0 Å². The second-order valence-electron chi connectivity index (χ2n) is 6.38. The molecule has 0 aromatic heterocycles. The van der Waals surface area contributed by atoms with Gasteiger partial charge in [0, 0.05) is 23.5 Å². The van der Waals surface area contributed by atoms with Gasteiger partial charge in [0.2, 0.25) is 0 Å². The summed E-state index contributed by atoms with van der Waals surface area (Å²) in [4.78, 5) is 6.43. The summed E-state index contributed by atoms with van der Waals surface area (Å²) in [6.07, 6.45) is 0. The van der Waals surface area contributed by atoms with Crippen molar-refractivity contribution in [2.75, 3.05) is 13.1 Å². The summed E-state index contributed by atoms with van der Waals surface area (Å²) in [6.45, 7) is 5.10. The van der Waals surface area contributed by atoms with Crippen LogP contribution in [-0.4, -0.2) is 23.8 Å². The van der Waals surface area contributed by atoms with Crippen LogP contribution in [0.1, 0.15) is 25.3 Å². The van der Waals surface area contributed by atoms with Crippen LogP contribution in [0.3, 0.4) is 0 Å². The first-order valence-corrected chi connectivity index (χ1v) is 9.28. The number of nitriles is 4. The molecule has 1 aliphatic carbocycles. The molecule has 1 saturated carbocycles. The molecule has 0 amide bonds. The molecule has 27 heavy (non-hydrogen) atoms. The Labute approximate surface area is 166 Å². The minimum Gasteiger partial charge on any atom is -0.359 e. The summed E-state index contributed by atoms with van der Waals surface area (Å²) < 4.78 is 0.832. The Kier molecular flexibility index (Phi) is 4.52. The fourth-order valence-corrected chi connectivity index (χ4v) is 4.62. The number of benzene rings is 1. The molecule has 1 fully saturated rings. The van der Waals surface area contributed by atoms with Gasteiger partial charge < -0.3 is 4.90 Å². The first-order valence-electron chi connectivity index (χ1n) is 8.49. The maximum absolute atomic E-state index is 10.2. The van der Waals surface area contributed by atoms with Gasteiger partial charge in [-0.25, -0.2) is 4.99 Å². The second kappa shape index (κ2) is 6.55. The predicted molar refractivity (Wildman–Crippen MR) is 102 cm³/mol. The zero-order valence-corrected chi connectivity index (χ0v) is 16.4. The molecule has 1 aromatic carbocycles. The topological polar surface area (TPSA) is 111 Å². The molecule has 132 valence electrons. The monoisotopic (exact) mass is 418 g/mol. The molecule has 1 aromatic rings. The van der Waals surface area contributed by atoms with E-state index in [1.807, 2.05) is 55.2 Å². The predicted octanol–water partition coefficient (Wildman–Crippen LogP) is 3.62. The highest BCUT2D eigenvalue weighted by Crippen LogP contribution is 2.81. The molecular formula is C20H15BrN6. The van der Waals surface area contributed by atoms with E-state index in [9.17, 15) is 21.0 Å². The van der Waals surface area contributed by atoms with E-state index in [0.29, 0.717) is 18.9 Å². The Morgan fingerprint density at radius 2 is 1.74 bits per heavy atom. The molecule has 1 aliphatic heterocycles. The number of hydrogen-bond acceptors (Lipinski definition) is 6. The highest BCUT2D eigenvalue weighted by molar-refractivity contribution is 9.10. The normalized spacial score (nSPS) is 27.3. The van der Waals surface area contributed by atoms with Crippen LogP contribution in [0.25, 0.3) is 0 Å². The Hall–Kier alpha value is -3.13. The van der Waals surface area contributed by atoms with Crippen LogP contribution in [0, 0.1) is 56.2 Å². The van der Waals surface area contributed by atoms with Gasteiger partial charge in [-0.05, 0) is 31.5 Å². The third-order valence-corrected chi connectivity index (χ3v) is 5.90. The molecule has 3 rings (SSSR count). The first-order chi connectivity index (χ1) is 13.0. The molecule has 0 radical (unpaired) electrons. The average molecular weight is 419 g/mol. The van der Waals surface area contributed by atoms with Crippen molar-refractivity contribution in [3.8, 4) is 24.3 Å². The SMILES string of the molecule is CCN(CC)C1=NC(=C(C#N)C#N)C2(C#N)C(c3cccc(Br)c3)C12C#N. The number of nitrogens with zero attached hydrogens (tertiary/aromatic N) is 6. The van der Waals surface area contributed by atoms with Crippen LogP contribution in [-0.2, 0) is 0 Å². The molecule has 0 N–H and O–H groups in total. The Balaban J connectivity index is 2.36. The summed E-state index contributed by atoms with van der Waals surface area (Å²) in [6, 6.07) is 15.8. The summed E-state index contributed by atoms with van der Waals surface area (Å²) in [5.41, 5.74) is -1.83. The van der Waals surface area contributed by atoms with Crippen molar-refractivity contribution < 1.29 is 0 Å². The van der Waals surface area contributed by atoms with E-state index in [4.69, 9.17) is 0 Å². The second-order valence-corrected chi connectivity index (χ2v) is 7.30. The molecule has 1 heterocycles.